The molecular weight excluding hydrogens is 551 g/mol. The van der Waals surface area contributed by atoms with Crippen LogP contribution in [0.3, 0.4) is 0 Å². The van der Waals surface area contributed by atoms with E-state index in [0.29, 0.717) is 0 Å². The Hall–Kier alpha value is -3.57. The molecule has 6 heteroatoms. The summed E-state index contributed by atoms with van der Waals surface area (Å²) in [6, 6.07) is 31.9. The molecule has 1 N–H and O–H groups in total. The van der Waals surface area contributed by atoms with Gasteiger partial charge < -0.3 is 22.4 Å². The van der Waals surface area contributed by atoms with Crippen LogP contribution < -0.4 is 27.4 Å². The zero-order chi connectivity index (χ0) is 25.6. The van der Waals surface area contributed by atoms with Crippen molar-refractivity contribution in [3.05, 3.63) is 109 Å². The average Bonchev–Trinajstić information content (AvgIpc) is 3.61. The molecule has 0 aliphatic carbocycles. The number of unbranched alkanes of at least 4 members (excludes halogenated alkanes) is 3. The molecule has 0 saturated carbocycles. The maximum absolute atomic E-state index is 4.91. The maximum Gasteiger partial charge on any atom is 2.00 e. The average molecular weight is 582 g/mol. The van der Waals surface area contributed by atoms with Gasteiger partial charge in [0.05, 0.1) is 0 Å². The van der Waals surface area contributed by atoms with E-state index < -0.39 is 0 Å². The summed E-state index contributed by atoms with van der Waals surface area (Å²) in [5, 5.41) is 7.40. The molecule has 0 unspecified atom stereocenters. The molecule has 0 amide bonds. The van der Waals surface area contributed by atoms with E-state index in [1.54, 1.807) is 0 Å². The third-order valence-electron chi connectivity index (χ3n) is 7.11. The van der Waals surface area contributed by atoms with E-state index in [-0.39, 0.29) is 31.0 Å². The molecule has 0 atom stereocenters. The van der Waals surface area contributed by atoms with Crippen LogP contribution in [0.15, 0.2) is 102 Å². The predicted octanol–water partition coefficient (Wildman–Crippen LogP) is 2.91. The first-order valence-corrected chi connectivity index (χ1v) is 13.5. The smallest absolute Gasteiger partial charge is 1.00 e. The van der Waals surface area contributed by atoms with E-state index >= 15 is 0 Å². The van der Waals surface area contributed by atoms with Crippen molar-refractivity contribution in [2.75, 3.05) is 13.1 Å². The molecule has 2 heterocycles. The molecule has 0 bridgehead atoms. The van der Waals surface area contributed by atoms with Crippen molar-refractivity contribution in [2.45, 2.75) is 25.7 Å². The van der Waals surface area contributed by atoms with E-state index in [2.05, 4.69) is 93.8 Å². The number of rotatable bonds is 10. The molecule has 4 aromatic carbocycles. The Labute approximate surface area is 253 Å². The fraction of sp³-hybridized carbons (Fsp3) is 0.176. The molecule has 6 rings (SSSR count). The number of hydrogen-bond acceptors (Lipinski definition) is 1. The van der Waals surface area contributed by atoms with Crippen LogP contribution in [0.25, 0.3) is 43.6 Å². The number of halogens is 1. The summed E-state index contributed by atoms with van der Waals surface area (Å²) in [6.45, 7) is 1.80. The third-order valence-corrected chi connectivity index (χ3v) is 7.11. The Balaban J connectivity index is 0.00000185. The molecular formula is C34H31ClN4V. The van der Waals surface area contributed by atoms with Crippen molar-refractivity contribution >= 4 is 44.7 Å². The number of aromatic nitrogens is 2. The Morgan fingerprint density at radius 2 is 1.40 bits per heavy atom. The fourth-order valence-corrected chi connectivity index (χ4v) is 5.14. The SMILES string of the molecule is C(=NCCCCCC[NH+]=Cc1ccc(-c2cc3ccccc3c3ccccc23)[n-]1)c1[n-]cc2ccccc12.[Cl-].[V+2]. The van der Waals surface area contributed by atoms with Crippen LogP contribution in [-0.2, 0) is 18.6 Å². The van der Waals surface area contributed by atoms with Gasteiger partial charge in [-0.2, -0.15) is 6.20 Å². The minimum atomic E-state index is 0. The number of nitrogens with zero attached hydrogens (tertiary/aromatic N) is 3. The van der Waals surface area contributed by atoms with Gasteiger partial charge in [-0.25, -0.2) is 4.99 Å². The largest absolute Gasteiger partial charge is 2.00 e. The van der Waals surface area contributed by atoms with E-state index in [9.17, 15) is 0 Å². The molecule has 4 nitrogen and oxygen atoms in total. The van der Waals surface area contributed by atoms with Crippen molar-refractivity contribution in [1.82, 2.24) is 9.97 Å². The third kappa shape index (κ3) is 6.59. The molecule has 199 valence electrons. The molecule has 6 aromatic rings. The molecule has 1 radical (unpaired) electrons. The maximum atomic E-state index is 4.91. The quantitative estimate of drug-likeness (QED) is 0.154. The summed E-state index contributed by atoms with van der Waals surface area (Å²) in [5.41, 5.74) is 4.15. The minimum absolute atomic E-state index is 0. The summed E-state index contributed by atoms with van der Waals surface area (Å²) in [6.07, 6.45) is 10.5. The minimum Gasteiger partial charge on any atom is -1.00 e. The topological polar surface area (TPSA) is 54.5 Å². The van der Waals surface area contributed by atoms with Crippen molar-refractivity contribution in [3.8, 4) is 11.3 Å². The summed E-state index contributed by atoms with van der Waals surface area (Å²) in [5.74, 6) is 0. The Morgan fingerprint density at radius 1 is 0.700 bits per heavy atom. The molecule has 0 aliphatic heterocycles. The zero-order valence-electron chi connectivity index (χ0n) is 22.3. The second-order valence-corrected chi connectivity index (χ2v) is 9.72. The van der Waals surface area contributed by atoms with Gasteiger partial charge in [0.2, 0.25) is 0 Å². The molecule has 40 heavy (non-hydrogen) atoms. The molecule has 0 spiro atoms. The summed E-state index contributed by atoms with van der Waals surface area (Å²) < 4.78 is 0. The Morgan fingerprint density at radius 3 is 2.25 bits per heavy atom. The van der Waals surface area contributed by atoms with Gasteiger partial charge in [0, 0.05) is 19.2 Å². The predicted molar refractivity (Wildman–Crippen MR) is 159 cm³/mol. The van der Waals surface area contributed by atoms with Crippen LogP contribution in [0.1, 0.15) is 37.1 Å². The van der Waals surface area contributed by atoms with E-state index in [1.807, 2.05) is 30.8 Å². The first-order chi connectivity index (χ1) is 18.9. The summed E-state index contributed by atoms with van der Waals surface area (Å²) in [4.78, 5) is 17.4. The van der Waals surface area contributed by atoms with Crippen LogP contribution in [0.5, 0.6) is 0 Å². The molecule has 0 aliphatic rings. The van der Waals surface area contributed by atoms with Crippen molar-refractivity contribution < 1.29 is 36.0 Å². The van der Waals surface area contributed by atoms with Gasteiger partial charge in [-0.3, -0.25) is 4.99 Å². The van der Waals surface area contributed by atoms with Crippen molar-refractivity contribution in [1.29, 1.82) is 0 Å². The standard InChI is InChI=1S/C34H30N4.ClH.V/c1(2-10-20-36-24-34-29-14-6-4-12-26(29)22-37-34)9-19-35-23-27-17-18-33(38-27)32-21-25-11-3-5-13-28(25)30-15-7-8-16-31(30)32;;/h3-8,11-18,21-24H,1-2,9-10,19-20H2;1H;/q-2;;+2. The van der Waals surface area contributed by atoms with Crippen LogP contribution in [0.4, 0.5) is 0 Å². The Bertz CT molecular complexity index is 1750. The summed E-state index contributed by atoms with van der Waals surface area (Å²) >= 11 is 0. The van der Waals surface area contributed by atoms with Crippen LogP contribution in [0, 0.1) is 0 Å². The van der Waals surface area contributed by atoms with Crippen LogP contribution in [0.2, 0.25) is 0 Å². The van der Waals surface area contributed by atoms with Gasteiger partial charge in [-0.15, -0.1) is 11.4 Å². The van der Waals surface area contributed by atoms with Gasteiger partial charge in [-0.05, 0) is 56.8 Å². The molecule has 2 aromatic heterocycles. The number of fused-ring (bicyclic) bond motifs is 4. The van der Waals surface area contributed by atoms with Crippen LogP contribution in [-0.4, -0.2) is 25.5 Å². The second-order valence-electron chi connectivity index (χ2n) is 9.72. The van der Waals surface area contributed by atoms with E-state index in [4.69, 9.17) is 4.98 Å². The number of nitrogens with one attached hydrogen (secondary N) is 1. The first-order valence-electron chi connectivity index (χ1n) is 13.5. The first kappa shape index (κ1) is 29.4. The number of aliphatic imine (C=N–C) groups is 1. The monoisotopic (exact) mass is 581 g/mol. The van der Waals surface area contributed by atoms with Gasteiger partial charge in [-0.1, -0.05) is 97.0 Å². The molecule has 0 fully saturated rings. The number of hydrogen-bond donors (Lipinski definition) is 1. The van der Waals surface area contributed by atoms with E-state index in [0.717, 1.165) is 43.0 Å². The van der Waals surface area contributed by atoms with Gasteiger partial charge in [0.15, 0.2) is 0 Å². The van der Waals surface area contributed by atoms with Gasteiger partial charge in [0.25, 0.3) is 0 Å². The zero-order valence-corrected chi connectivity index (χ0v) is 24.5. The van der Waals surface area contributed by atoms with E-state index in [1.165, 1.54) is 50.7 Å². The molecule has 0 saturated heterocycles. The fourth-order valence-electron chi connectivity index (χ4n) is 5.14. The van der Waals surface area contributed by atoms with Gasteiger partial charge in [0.1, 0.15) is 12.8 Å². The summed E-state index contributed by atoms with van der Waals surface area (Å²) in [7, 11) is 0. The second kappa shape index (κ2) is 14.2. The van der Waals surface area contributed by atoms with Crippen molar-refractivity contribution in [2.24, 2.45) is 4.99 Å². The Kier molecular flexibility index (Phi) is 10.4. The van der Waals surface area contributed by atoms with Crippen molar-refractivity contribution in [3.63, 3.8) is 0 Å². The van der Waals surface area contributed by atoms with Crippen LogP contribution >= 0.6 is 0 Å². The normalized spacial score (nSPS) is 11.5. The number of benzene rings is 4. The van der Waals surface area contributed by atoms with Gasteiger partial charge >= 0.3 is 18.6 Å².